The number of benzene rings is 3. The first-order valence-corrected chi connectivity index (χ1v) is 13.0. The van der Waals surface area contributed by atoms with E-state index < -0.39 is 22.0 Å². The summed E-state index contributed by atoms with van der Waals surface area (Å²) in [6, 6.07) is 19.6. The molecule has 1 fully saturated rings. The smallest absolute Gasteiger partial charge is 0.294 e. The lowest BCUT2D eigenvalue weighted by Crippen LogP contribution is -2.36. The fraction of sp³-hybridized carbons (Fsp3) is 0.138. The van der Waals surface area contributed by atoms with Crippen LogP contribution in [0.25, 0.3) is 17.0 Å². The van der Waals surface area contributed by atoms with Gasteiger partial charge in [-0.25, -0.2) is 0 Å². The quantitative estimate of drug-likeness (QED) is 0.178. The molecular formula is C29H24N4O5S. The van der Waals surface area contributed by atoms with Gasteiger partial charge in [-0.3, -0.25) is 29.4 Å². The van der Waals surface area contributed by atoms with Crippen molar-refractivity contribution in [3.8, 4) is 0 Å². The molecule has 10 heteroatoms. The van der Waals surface area contributed by atoms with Gasteiger partial charge in [0.25, 0.3) is 16.8 Å². The second kappa shape index (κ2) is 10.6. The molecule has 0 spiro atoms. The van der Waals surface area contributed by atoms with Crippen molar-refractivity contribution in [1.29, 1.82) is 0 Å². The molecular weight excluding hydrogens is 516 g/mol. The van der Waals surface area contributed by atoms with Gasteiger partial charge in [0.05, 0.1) is 9.83 Å². The third-order valence-electron chi connectivity index (χ3n) is 6.66. The fourth-order valence-corrected chi connectivity index (χ4v) is 5.27. The van der Waals surface area contributed by atoms with Crippen molar-refractivity contribution in [2.45, 2.75) is 20.4 Å². The lowest BCUT2D eigenvalue weighted by Gasteiger charge is -2.14. The SMILES string of the molecule is Cc1cccc(NC(=O)CN2C(=O)S/C(=C\c3cn(Cc4ccc([N+](=O)[O-])cc4)c4ccccc34)C2=O)c1C. The predicted molar refractivity (Wildman–Crippen MR) is 151 cm³/mol. The van der Waals surface area contributed by atoms with Crippen LogP contribution in [-0.2, 0) is 16.1 Å². The van der Waals surface area contributed by atoms with E-state index in [0.717, 1.165) is 49.8 Å². The van der Waals surface area contributed by atoms with Crippen molar-refractivity contribution in [2.24, 2.45) is 0 Å². The molecule has 0 atom stereocenters. The molecule has 4 aromatic rings. The largest absolute Gasteiger partial charge is 0.342 e. The fourth-order valence-electron chi connectivity index (χ4n) is 4.44. The number of nitrogens with zero attached hydrogens (tertiary/aromatic N) is 3. The van der Waals surface area contributed by atoms with Crippen molar-refractivity contribution in [3.63, 3.8) is 0 Å². The van der Waals surface area contributed by atoms with E-state index in [4.69, 9.17) is 0 Å². The molecule has 5 rings (SSSR count). The van der Waals surface area contributed by atoms with E-state index in [1.165, 1.54) is 12.1 Å². The monoisotopic (exact) mass is 540 g/mol. The second-order valence-corrected chi connectivity index (χ2v) is 10.2. The van der Waals surface area contributed by atoms with Crippen molar-refractivity contribution < 1.29 is 19.3 Å². The Morgan fingerprint density at radius 1 is 1.03 bits per heavy atom. The van der Waals surface area contributed by atoms with Crippen LogP contribution in [-0.4, -0.2) is 38.0 Å². The van der Waals surface area contributed by atoms with Crippen LogP contribution in [0, 0.1) is 24.0 Å². The van der Waals surface area contributed by atoms with Gasteiger partial charge in [0.2, 0.25) is 5.91 Å². The number of carbonyl (C=O) groups excluding carboxylic acids is 3. The van der Waals surface area contributed by atoms with Crippen LogP contribution in [0.1, 0.15) is 22.3 Å². The summed E-state index contributed by atoms with van der Waals surface area (Å²) in [5.74, 6) is -0.972. The number of nitrogens with one attached hydrogen (secondary N) is 1. The zero-order valence-electron chi connectivity index (χ0n) is 21.2. The highest BCUT2D eigenvalue weighted by Gasteiger charge is 2.36. The summed E-state index contributed by atoms with van der Waals surface area (Å²) in [7, 11) is 0. The zero-order valence-corrected chi connectivity index (χ0v) is 22.0. The highest BCUT2D eigenvalue weighted by Crippen LogP contribution is 2.34. The number of aromatic nitrogens is 1. The number of imide groups is 1. The van der Waals surface area contributed by atoms with Crippen molar-refractivity contribution in [3.05, 3.63) is 110 Å². The number of fused-ring (bicyclic) bond motifs is 1. The molecule has 0 aliphatic carbocycles. The number of nitro groups is 1. The summed E-state index contributed by atoms with van der Waals surface area (Å²) in [5.41, 5.74) is 5.15. The van der Waals surface area contributed by atoms with E-state index >= 15 is 0 Å². The minimum absolute atomic E-state index is 0.0234. The van der Waals surface area contributed by atoms with Crippen molar-refractivity contribution >= 4 is 57.2 Å². The average Bonchev–Trinajstić information content (AvgIpc) is 3.39. The number of rotatable bonds is 7. The molecule has 1 aliphatic heterocycles. The predicted octanol–water partition coefficient (Wildman–Crippen LogP) is 5.89. The highest BCUT2D eigenvalue weighted by atomic mass is 32.2. The normalized spacial score (nSPS) is 14.4. The van der Waals surface area contributed by atoms with Crippen LogP contribution in [0.3, 0.4) is 0 Å². The standard InChI is InChI=1S/C29H24N4O5S/c1-18-6-5-8-24(19(18)2)30-27(34)17-32-28(35)26(39-29(32)36)14-21-16-31(25-9-4-3-7-23(21)25)15-20-10-12-22(13-11-20)33(37)38/h3-14,16H,15,17H2,1-2H3,(H,30,34)/b26-14-. The average molecular weight is 541 g/mol. The second-order valence-electron chi connectivity index (χ2n) is 9.22. The molecule has 0 saturated carbocycles. The Balaban J connectivity index is 1.36. The number of carbonyl (C=O) groups is 3. The van der Waals surface area contributed by atoms with Crippen LogP contribution in [0.4, 0.5) is 16.2 Å². The van der Waals surface area contributed by atoms with E-state index in [0.29, 0.717) is 12.2 Å². The molecule has 1 aliphatic rings. The van der Waals surface area contributed by atoms with E-state index in [-0.39, 0.29) is 17.1 Å². The first-order valence-electron chi connectivity index (χ1n) is 12.1. The highest BCUT2D eigenvalue weighted by molar-refractivity contribution is 8.18. The van der Waals surface area contributed by atoms with E-state index in [1.54, 1.807) is 24.3 Å². The number of thioether (sulfide) groups is 1. The zero-order chi connectivity index (χ0) is 27.7. The van der Waals surface area contributed by atoms with E-state index in [2.05, 4.69) is 5.32 Å². The number of anilines is 1. The number of para-hydroxylation sites is 1. The number of aryl methyl sites for hydroxylation is 1. The maximum Gasteiger partial charge on any atom is 0.294 e. The van der Waals surface area contributed by atoms with Crippen molar-refractivity contribution in [1.82, 2.24) is 9.47 Å². The van der Waals surface area contributed by atoms with Gasteiger partial charge in [0, 0.05) is 47.0 Å². The molecule has 9 nitrogen and oxygen atoms in total. The van der Waals surface area contributed by atoms with E-state index in [9.17, 15) is 24.5 Å². The Labute approximate surface area is 228 Å². The number of amides is 3. The van der Waals surface area contributed by atoms with Gasteiger partial charge < -0.3 is 9.88 Å². The number of hydrogen-bond donors (Lipinski definition) is 1. The van der Waals surface area contributed by atoms with E-state index in [1.807, 2.05) is 61.0 Å². The van der Waals surface area contributed by atoms with Crippen LogP contribution in [0.5, 0.6) is 0 Å². The Morgan fingerprint density at radius 2 is 1.77 bits per heavy atom. The molecule has 1 saturated heterocycles. The number of non-ortho nitro benzene ring substituents is 1. The molecule has 196 valence electrons. The molecule has 39 heavy (non-hydrogen) atoms. The number of nitro benzene ring substituents is 1. The summed E-state index contributed by atoms with van der Waals surface area (Å²) in [5, 5.41) is 14.1. The van der Waals surface area contributed by atoms with Gasteiger partial charge in [-0.2, -0.15) is 0 Å². The molecule has 2 heterocycles. The third kappa shape index (κ3) is 5.32. The molecule has 0 unspecified atom stereocenters. The lowest BCUT2D eigenvalue weighted by molar-refractivity contribution is -0.384. The number of hydrogen-bond acceptors (Lipinski definition) is 6. The Kier molecular flexibility index (Phi) is 7.03. The van der Waals surface area contributed by atoms with Gasteiger partial charge >= 0.3 is 0 Å². The molecule has 3 aromatic carbocycles. The minimum atomic E-state index is -0.520. The Morgan fingerprint density at radius 3 is 2.51 bits per heavy atom. The summed E-state index contributed by atoms with van der Waals surface area (Å²) < 4.78 is 1.99. The van der Waals surface area contributed by atoms with Gasteiger partial charge in [0.1, 0.15) is 6.54 Å². The summed E-state index contributed by atoms with van der Waals surface area (Å²) >= 11 is 0.802. The lowest BCUT2D eigenvalue weighted by atomic mass is 10.1. The first kappa shape index (κ1) is 25.9. The van der Waals surface area contributed by atoms with Gasteiger partial charge in [0.15, 0.2) is 0 Å². The summed E-state index contributed by atoms with van der Waals surface area (Å²) in [6.07, 6.45) is 3.55. The van der Waals surface area contributed by atoms with Gasteiger partial charge in [-0.1, -0.05) is 42.5 Å². The summed E-state index contributed by atoms with van der Waals surface area (Å²) in [4.78, 5) is 50.2. The van der Waals surface area contributed by atoms with Crippen LogP contribution in [0.15, 0.2) is 77.8 Å². The Bertz CT molecular complexity index is 1670. The topological polar surface area (TPSA) is 115 Å². The molecule has 3 amide bonds. The van der Waals surface area contributed by atoms with Gasteiger partial charge in [-0.15, -0.1) is 0 Å². The minimum Gasteiger partial charge on any atom is -0.342 e. The first-order chi connectivity index (χ1) is 18.7. The van der Waals surface area contributed by atoms with Crippen LogP contribution in [0.2, 0.25) is 0 Å². The molecule has 1 N–H and O–H groups in total. The van der Waals surface area contributed by atoms with Crippen molar-refractivity contribution in [2.75, 3.05) is 11.9 Å². The Hall–Kier alpha value is -4.70. The molecule has 1 aromatic heterocycles. The van der Waals surface area contributed by atoms with Crippen LogP contribution < -0.4 is 5.32 Å². The maximum atomic E-state index is 13.1. The molecule has 0 radical (unpaired) electrons. The molecule has 0 bridgehead atoms. The van der Waals surface area contributed by atoms with Gasteiger partial charge in [-0.05, 0) is 60.5 Å². The third-order valence-corrected chi connectivity index (χ3v) is 7.57. The maximum absolute atomic E-state index is 13.1. The summed E-state index contributed by atoms with van der Waals surface area (Å²) in [6.45, 7) is 3.92. The van der Waals surface area contributed by atoms with Crippen LogP contribution >= 0.6 is 11.8 Å².